The molecule has 0 bridgehead atoms. The van der Waals surface area contributed by atoms with E-state index in [1.54, 1.807) is 0 Å². The molecule has 3 heteroatoms. The van der Waals surface area contributed by atoms with Gasteiger partial charge in [-0.15, -0.1) is 0 Å². The fourth-order valence-corrected chi connectivity index (χ4v) is 2.50. The van der Waals surface area contributed by atoms with E-state index in [9.17, 15) is 4.79 Å². The molecule has 1 heterocycles. The Bertz CT molecular complexity index is 252. The zero-order chi connectivity index (χ0) is 13.6. The van der Waals surface area contributed by atoms with E-state index >= 15 is 0 Å². The van der Waals surface area contributed by atoms with Crippen LogP contribution in [0.25, 0.3) is 0 Å². The van der Waals surface area contributed by atoms with Crippen LogP contribution in [0.3, 0.4) is 0 Å². The summed E-state index contributed by atoms with van der Waals surface area (Å²) in [7, 11) is 0. The van der Waals surface area contributed by atoms with E-state index in [2.05, 4.69) is 37.9 Å². The second-order valence-electron chi connectivity index (χ2n) is 6.63. The zero-order valence-corrected chi connectivity index (χ0v) is 12.6. The molecule has 106 valence electrons. The minimum absolute atomic E-state index is 0.252. The number of carbonyl (C=O) groups excluding carboxylic acids is 1. The van der Waals surface area contributed by atoms with Crippen LogP contribution in [-0.2, 0) is 4.79 Å². The van der Waals surface area contributed by atoms with Crippen molar-refractivity contribution in [2.75, 3.05) is 19.6 Å². The van der Waals surface area contributed by atoms with E-state index in [1.807, 2.05) is 0 Å². The van der Waals surface area contributed by atoms with Crippen molar-refractivity contribution in [1.29, 1.82) is 0 Å². The molecule has 0 radical (unpaired) electrons. The molecule has 0 saturated carbocycles. The van der Waals surface area contributed by atoms with Gasteiger partial charge in [0.25, 0.3) is 0 Å². The van der Waals surface area contributed by atoms with Crippen LogP contribution in [0.15, 0.2) is 0 Å². The fraction of sp³-hybridized carbons (Fsp3) is 0.933. The highest BCUT2D eigenvalue weighted by Crippen LogP contribution is 2.22. The van der Waals surface area contributed by atoms with Crippen LogP contribution in [0.4, 0.5) is 0 Å². The lowest BCUT2D eigenvalue weighted by Crippen LogP contribution is -2.46. The van der Waals surface area contributed by atoms with Gasteiger partial charge in [0.1, 0.15) is 0 Å². The lowest BCUT2D eigenvalue weighted by molar-refractivity contribution is -0.134. The Labute approximate surface area is 112 Å². The Morgan fingerprint density at radius 2 is 1.89 bits per heavy atom. The van der Waals surface area contributed by atoms with Crippen LogP contribution >= 0.6 is 0 Å². The van der Waals surface area contributed by atoms with Crippen LogP contribution in [0.2, 0.25) is 0 Å². The molecule has 1 aliphatic heterocycles. The molecule has 1 aliphatic rings. The summed E-state index contributed by atoms with van der Waals surface area (Å²) in [4.78, 5) is 14.5. The molecule has 0 atom stereocenters. The smallest absolute Gasteiger partial charge is 0.222 e. The molecule has 0 unspecified atom stereocenters. The third-order valence-corrected chi connectivity index (χ3v) is 3.62. The van der Waals surface area contributed by atoms with Crippen LogP contribution < -0.4 is 5.32 Å². The van der Waals surface area contributed by atoms with Gasteiger partial charge in [0.15, 0.2) is 0 Å². The second kappa shape index (κ2) is 7.13. The molecule has 0 aromatic carbocycles. The predicted molar refractivity (Wildman–Crippen MR) is 76.6 cm³/mol. The molecule has 0 spiro atoms. The van der Waals surface area contributed by atoms with Crippen LogP contribution in [0, 0.1) is 5.41 Å². The first-order chi connectivity index (χ1) is 8.44. The van der Waals surface area contributed by atoms with Crippen LogP contribution in [0.1, 0.15) is 59.8 Å². The molecule has 0 aliphatic carbocycles. The molecular weight excluding hydrogens is 224 g/mol. The summed E-state index contributed by atoms with van der Waals surface area (Å²) in [6.07, 6.45) is 4.97. The molecule has 1 amide bonds. The van der Waals surface area contributed by atoms with Gasteiger partial charge in [-0.1, -0.05) is 27.7 Å². The van der Waals surface area contributed by atoms with E-state index in [1.165, 1.54) is 0 Å². The minimum Gasteiger partial charge on any atom is -0.340 e. The molecular formula is C15H30N2O. The maximum atomic E-state index is 12.4. The summed E-state index contributed by atoms with van der Waals surface area (Å²) in [5.74, 6) is 0.360. The normalized spacial score (nSPS) is 17.8. The van der Waals surface area contributed by atoms with Crippen LogP contribution in [0.5, 0.6) is 0 Å². The van der Waals surface area contributed by atoms with E-state index in [-0.39, 0.29) is 5.41 Å². The van der Waals surface area contributed by atoms with Crippen molar-refractivity contribution < 1.29 is 4.79 Å². The molecule has 0 aromatic heterocycles. The average Bonchev–Trinajstić information content (AvgIpc) is 2.33. The highest BCUT2D eigenvalue weighted by molar-refractivity contribution is 5.76. The number of nitrogens with zero attached hydrogens (tertiary/aromatic N) is 1. The van der Waals surface area contributed by atoms with Gasteiger partial charge in [-0.3, -0.25) is 4.79 Å². The first kappa shape index (κ1) is 15.5. The van der Waals surface area contributed by atoms with Gasteiger partial charge >= 0.3 is 0 Å². The van der Waals surface area contributed by atoms with E-state index in [0.29, 0.717) is 18.4 Å². The molecule has 1 N–H and O–H groups in total. The van der Waals surface area contributed by atoms with Gasteiger partial charge in [-0.2, -0.15) is 0 Å². The minimum atomic E-state index is 0.252. The predicted octanol–water partition coefficient (Wildman–Crippen LogP) is 2.80. The molecule has 18 heavy (non-hydrogen) atoms. The third kappa shape index (κ3) is 5.38. The Morgan fingerprint density at radius 3 is 2.39 bits per heavy atom. The van der Waals surface area contributed by atoms with E-state index in [4.69, 9.17) is 0 Å². The Balaban J connectivity index is 2.51. The molecule has 1 fully saturated rings. The van der Waals surface area contributed by atoms with E-state index in [0.717, 1.165) is 45.3 Å². The average molecular weight is 254 g/mol. The summed E-state index contributed by atoms with van der Waals surface area (Å²) in [6, 6.07) is 0.471. The monoisotopic (exact) mass is 254 g/mol. The van der Waals surface area contributed by atoms with Crippen LogP contribution in [-0.4, -0.2) is 36.5 Å². The Hall–Kier alpha value is -0.570. The number of hydrogen-bond donors (Lipinski definition) is 1. The van der Waals surface area contributed by atoms with Crippen molar-refractivity contribution in [2.45, 2.75) is 65.8 Å². The van der Waals surface area contributed by atoms with Gasteiger partial charge in [-0.25, -0.2) is 0 Å². The fourth-order valence-electron chi connectivity index (χ4n) is 2.50. The number of amides is 1. The van der Waals surface area contributed by atoms with Gasteiger partial charge in [0.2, 0.25) is 5.91 Å². The second-order valence-corrected chi connectivity index (χ2v) is 6.63. The highest BCUT2D eigenvalue weighted by atomic mass is 16.2. The first-order valence-electron chi connectivity index (χ1n) is 7.44. The first-order valence-corrected chi connectivity index (χ1v) is 7.44. The van der Waals surface area contributed by atoms with Gasteiger partial charge in [0, 0.05) is 19.0 Å². The lowest BCUT2D eigenvalue weighted by atomic mass is 9.90. The van der Waals surface area contributed by atoms with Crippen molar-refractivity contribution in [1.82, 2.24) is 10.2 Å². The Kier molecular flexibility index (Phi) is 6.13. The summed E-state index contributed by atoms with van der Waals surface area (Å²) < 4.78 is 0. The van der Waals surface area contributed by atoms with Gasteiger partial charge < -0.3 is 10.2 Å². The number of carbonyl (C=O) groups is 1. The third-order valence-electron chi connectivity index (χ3n) is 3.62. The molecule has 3 nitrogen and oxygen atoms in total. The summed E-state index contributed by atoms with van der Waals surface area (Å²) in [5, 5.41) is 3.37. The van der Waals surface area contributed by atoms with Gasteiger partial charge in [-0.05, 0) is 44.2 Å². The standard InChI is InChI=1S/C15H30N2O/c1-5-12-17(13-7-10-16-11-8-13)14(18)6-9-15(2,3)4/h13,16H,5-12H2,1-4H3. The maximum Gasteiger partial charge on any atom is 0.222 e. The largest absolute Gasteiger partial charge is 0.340 e. The summed E-state index contributed by atoms with van der Waals surface area (Å²) in [5.41, 5.74) is 0.252. The number of rotatable bonds is 5. The van der Waals surface area contributed by atoms with E-state index < -0.39 is 0 Å². The molecule has 0 aromatic rings. The lowest BCUT2D eigenvalue weighted by Gasteiger charge is -2.35. The molecule has 1 saturated heterocycles. The Morgan fingerprint density at radius 1 is 1.28 bits per heavy atom. The van der Waals surface area contributed by atoms with Crippen molar-refractivity contribution in [3.05, 3.63) is 0 Å². The molecule has 1 rings (SSSR count). The highest BCUT2D eigenvalue weighted by Gasteiger charge is 2.25. The van der Waals surface area contributed by atoms with Gasteiger partial charge in [0.05, 0.1) is 0 Å². The zero-order valence-electron chi connectivity index (χ0n) is 12.6. The topological polar surface area (TPSA) is 32.3 Å². The summed E-state index contributed by atoms with van der Waals surface area (Å²) in [6.45, 7) is 11.8. The number of hydrogen-bond acceptors (Lipinski definition) is 2. The van der Waals surface area contributed by atoms with Crippen molar-refractivity contribution in [2.24, 2.45) is 5.41 Å². The summed E-state index contributed by atoms with van der Waals surface area (Å²) >= 11 is 0. The number of nitrogens with one attached hydrogen (secondary N) is 1. The quantitative estimate of drug-likeness (QED) is 0.818. The van der Waals surface area contributed by atoms with Crippen molar-refractivity contribution >= 4 is 5.91 Å². The maximum absolute atomic E-state index is 12.4. The SMILES string of the molecule is CCCN(C(=O)CCC(C)(C)C)C1CCNCC1. The number of piperidine rings is 1. The van der Waals surface area contributed by atoms with Crippen molar-refractivity contribution in [3.63, 3.8) is 0 Å². The van der Waals surface area contributed by atoms with Crippen molar-refractivity contribution in [3.8, 4) is 0 Å².